The SMILES string of the molecule is CN=C(NCC1(c2cccc(C(F)(F)F)c2)CCOCC1)N(C)CCOCC1CC1. The highest BCUT2D eigenvalue weighted by atomic mass is 19.4. The first-order valence-electron chi connectivity index (χ1n) is 10.6. The van der Waals surface area contributed by atoms with Gasteiger partial charge in [-0.25, -0.2) is 0 Å². The number of hydrogen-bond donors (Lipinski definition) is 1. The number of aliphatic imine (C=N–C) groups is 1. The summed E-state index contributed by atoms with van der Waals surface area (Å²) < 4.78 is 51.0. The Labute approximate surface area is 176 Å². The zero-order valence-corrected chi connectivity index (χ0v) is 17.8. The van der Waals surface area contributed by atoms with Crippen LogP contribution in [0.2, 0.25) is 0 Å². The second-order valence-electron chi connectivity index (χ2n) is 8.31. The fourth-order valence-electron chi connectivity index (χ4n) is 3.83. The second kappa shape index (κ2) is 10.0. The molecular weight excluding hydrogens is 395 g/mol. The lowest BCUT2D eigenvalue weighted by atomic mass is 9.73. The molecule has 1 saturated heterocycles. The van der Waals surface area contributed by atoms with Crippen molar-refractivity contribution in [3.63, 3.8) is 0 Å². The lowest BCUT2D eigenvalue weighted by Gasteiger charge is -2.39. The lowest BCUT2D eigenvalue weighted by molar-refractivity contribution is -0.137. The molecule has 0 amide bonds. The van der Waals surface area contributed by atoms with Crippen LogP contribution in [0.25, 0.3) is 0 Å². The fourth-order valence-corrected chi connectivity index (χ4v) is 3.83. The van der Waals surface area contributed by atoms with E-state index in [0.29, 0.717) is 57.3 Å². The molecule has 1 aliphatic heterocycles. The Morgan fingerprint density at radius 2 is 2.03 bits per heavy atom. The van der Waals surface area contributed by atoms with E-state index >= 15 is 0 Å². The van der Waals surface area contributed by atoms with Crippen LogP contribution in [0.3, 0.4) is 0 Å². The molecule has 0 aromatic heterocycles. The first kappa shape index (κ1) is 22.9. The molecule has 1 saturated carbocycles. The summed E-state index contributed by atoms with van der Waals surface area (Å²) in [6.45, 7) is 3.70. The van der Waals surface area contributed by atoms with Crippen molar-refractivity contribution in [2.45, 2.75) is 37.3 Å². The third-order valence-corrected chi connectivity index (χ3v) is 6.03. The molecule has 1 aromatic carbocycles. The molecule has 30 heavy (non-hydrogen) atoms. The average molecular weight is 428 g/mol. The minimum absolute atomic E-state index is 0.432. The maximum atomic E-state index is 13.3. The zero-order valence-electron chi connectivity index (χ0n) is 17.8. The van der Waals surface area contributed by atoms with Gasteiger partial charge in [0, 0.05) is 52.4 Å². The Morgan fingerprint density at radius 1 is 1.30 bits per heavy atom. The van der Waals surface area contributed by atoms with Gasteiger partial charge in [-0.15, -0.1) is 0 Å². The van der Waals surface area contributed by atoms with Crippen molar-refractivity contribution >= 4 is 5.96 Å². The van der Waals surface area contributed by atoms with Crippen LogP contribution in [0.1, 0.15) is 36.8 Å². The number of benzene rings is 1. The van der Waals surface area contributed by atoms with Crippen LogP contribution in [0.5, 0.6) is 0 Å². The van der Waals surface area contributed by atoms with Crippen LogP contribution in [0.4, 0.5) is 13.2 Å². The molecule has 0 unspecified atom stereocenters. The summed E-state index contributed by atoms with van der Waals surface area (Å²) in [6, 6.07) is 5.69. The molecule has 0 atom stereocenters. The average Bonchev–Trinajstić information content (AvgIpc) is 3.56. The highest BCUT2D eigenvalue weighted by Gasteiger charge is 2.37. The third-order valence-electron chi connectivity index (χ3n) is 6.03. The third kappa shape index (κ3) is 6.11. The Kier molecular flexibility index (Phi) is 7.63. The maximum absolute atomic E-state index is 13.3. The van der Waals surface area contributed by atoms with Gasteiger partial charge >= 0.3 is 6.18 Å². The van der Waals surface area contributed by atoms with Gasteiger partial charge in [-0.05, 0) is 43.2 Å². The van der Waals surface area contributed by atoms with Crippen LogP contribution < -0.4 is 5.32 Å². The molecule has 168 valence electrons. The Morgan fingerprint density at radius 3 is 2.67 bits per heavy atom. The summed E-state index contributed by atoms with van der Waals surface area (Å²) in [6.07, 6.45) is -0.508. The van der Waals surface area contributed by atoms with Crippen molar-refractivity contribution in [1.82, 2.24) is 10.2 Å². The minimum Gasteiger partial charge on any atom is -0.381 e. The number of nitrogens with one attached hydrogen (secondary N) is 1. The summed E-state index contributed by atoms with van der Waals surface area (Å²) in [5.41, 5.74) is -0.349. The van der Waals surface area contributed by atoms with E-state index in [2.05, 4.69) is 10.3 Å². The summed E-state index contributed by atoms with van der Waals surface area (Å²) >= 11 is 0. The molecule has 1 N–H and O–H groups in total. The number of alkyl halides is 3. The van der Waals surface area contributed by atoms with Crippen molar-refractivity contribution in [2.75, 3.05) is 53.6 Å². The summed E-state index contributed by atoms with van der Waals surface area (Å²) in [7, 11) is 3.65. The second-order valence-corrected chi connectivity index (χ2v) is 8.31. The zero-order chi connectivity index (χ0) is 21.6. The highest BCUT2D eigenvalue weighted by molar-refractivity contribution is 5.79. The molecule has 0 spiro atoms. The maximum Gasteiger partial charge on any atom is 0.416 e. The van der Waals surface area contributed by atoms with Gasteiger partial charge in [0.05, 0.1) is 12.2 Å². The van der Waals surface area contributed by atoms with E-state index in [-0.39, 0.29) is 0 Å². The molecule has 5 nitrogen and oxygen atoms in total. The van der Waals surface area contributed by atoms with Crippen LogP contribution in [-0.4, -0.2) is 64.5 Å². The predicted molar refractivity (Wildman–Crippen MR) is 111 cm³/mol. The minimum atomic E-state index is -4.35. The summed E-state index contributed by atoms with van der Waals surface area (Å²) in [5, 5.41) is 3.38. The van der Waals surface area contributed by atoms with Gasteiger partial charge in [0.15, 0.2) is 5.96 Å². The monoisotopic (exact) mass is 427 g/mol. The quantitative estimate of drug-likeness (QED) is 0.391. The highest BCUT2D eigenvalue weighted by Crippen LogP contribution is 2.37. The topological polar surface area (TPSA) is 46.1 Å². The van der Waals surface area contributed by atoms with Gasteiger partial charge in [-0.1, -0.05) is 18.2 Å². The van der Waals surface area contributed by atoms with Crippen molar-refractivity contribution in [1.29, 1.82) is 0 Å². The number of rotatable bonds is 8. The molecule has 0 bridgehead atoms. The van der Waals surface area contributed by atoms with Gasteiger partial charge in [0.2, 0.25) is 0 Å². The Bertz CT molecular complexity index is 714. The van der Waals surface area contributed by atoms with E-state index in [0.717, 1.165) is 18.6 Å². The molecule has 1 aliphatic carbocycles. The van der Waals surface area contributed by atoms with Crippen molar-refractivity contribution in [2.24, 2.45) is 10.9 Å². The van der Waals surface area contributed by atoms with E-state index in [1.165, 1.54) is 25.0 Å². The van der Waals surface area contributed by atoms with Gasteiger partial charge < -0.3 is 19.7 Å². The first-order chi connectivity index (χ1) is 14.3. The van der Waals surface area contributed by atoms with E-state index in [9.17, 15) is 13.2 Å². The van der Waals surface area contributed by atoms with Crippen molar-refractivity contribution in [3.05, 3.63) is 35.4 Å². The number of guanidine groups is 1. The smallest absolute Gasteiger partial charge is 0.381 e. The van der Waals surface area contributed by atoms with Gasteiger partial charge in [0.25, 0.3) is 0 Å². The van der Waals surface area contributed by atoms with Gasteiger partial charge in [0.1, 0.15) is 0 Å². The molecule has 0 radical (unpaired) electrons. The van der Waals surface area contributed by atoms with E-state index in [1.54, 1.807) is 13.1 Å². The van der Waals surface area contributed by atoms with E-state index in [4.69, 9.17) is 9.47 Å². The number of halogens is 3. The largest absolute Gasteiger partial charge is 0.416 e. The van der Waals surface area contributed by atoms with Crippen LogP contribution >= 0.6 is 0 Å². The predicted octanol–water partition coefficient (Wildman–Crippen LogP) is 3.69. The Hall–Kier alpha value is -1.80. The number of likely N-dealkylation sites (N-methyl/N-ethyl adjacent to an activating group) is 1. The molecule has 3 rings (SSSR count). The van der Waals surface area contributed by atoms with Crippen LogP contribution in [-0.2, 0) is 21.1 Å². The van der Waals surface area contributed by atoms with Crippen molar-refractivity contribution in [3.8, 4) is 0 Å². The molecular formula is C22H32F3N3O2. The fraction of sp³-hybridized carbons (Fsp3) is 0.682. The normalized spacial score (nSPS) is 19.6. The first-order valence-corrected chi connectivity index (χ1v) is 10.6. The van der Waals surface area contributed by atoms with Gasteiger partial charge in [-0.3, -0.25) is 4.99 Å². The number of ether oxygens (including phenoxy) is 2. The van der Waals surface area contributed by atoms with Crippen LogP contribution in [0.15, 0.2) is 29.3 Å². The standard InChI is InChI=1S/C22H32F3N3O2/c1-26-20(28(2)10-13-30-15-17-6-7-17)27-16-21(8-11-29-12-9-21)18-4-3-5-19(14-18)22(23,24)25/h3-5,14,17H,6-13,15-16H2,1-2H3,(H,26,27). The lowest BCUT2D eigenvalue weighted by Crippen LogP contribution is -2.49. The molecule has 2 aliphatic rings. The molecule has 1 heterocycles. The summed E-state index contributed by atoms with van der Waals surface area (Å²) in [4.78, 5) is 6.34. The molecule has 8 heteroatoms. The van der Waals surface area contributed by atoms with Crippen molar-refractivity contribution < 1.29 is 22.6 Å². The summed E-state index contributed by atoms with van der Waals surface area (Å²) in [5.74, 6) is 1.44. The Balaban J connectivity index is 1.65. The van der Waals surface area contributed by atoms with E-state index < -0.39 is 17.2 Å². The van der Waals surface area contributed by atoms with E-state index in [1.807, 2.05) is 11.9 Å². The molecule has 2 fully saturated rings. The number of nitrogens with zero attached hydrogens (tertiary/aromatic N) is 2. The number of hydrogen-bond acceptors (Lipinski definition) is 3. The molecule has 1 aromatic rings. The van der Waals surface area contributed by atoms with Gasteiger partial charge in [-0.2, -0.15) is 13.2 Å². The van der Waals surface area contributed by atoms with Crippen LogP contribution in [0, 0.1) is 5.92 Å².